The molecular weight excluding hydrogens is 258 g/mol. The van der Waals surface area contributed by atoms with E-state index >= 15 is 0 Å². The van der Waals surface area contributed by atoms with Crippen molar-refractivity contribution < 1.29 is 4.79 Å². The van der Waals surface area contributed by atoms with Gasteiger partial charge in [0.15, 0.2) is 0 Å². The quantitative estimate of drug-likeness (QED) is 0.499. The standard InChI is InChI=1S/C14H21N3OS/c1-2-12-10-17(8-9-19-12)13(14(18)16-15)11-6-4-3-5-7-11/h3-7,12-13H,2,8-10,15H2,1H3,(H,16,18). The van der Waals surface area contributed by atoms with Gasteiger partial charge in [0.05, 0.1) is 0 Å². The highest BCUT2D eigenvalue weighted by Crippen LogP contribution is 2.28. The van der Waals surface area contributed by atoms with Crippen molar-refractivity contribution in [2.45, 2.75) is 24.6 Å². The van der Waals surface area contributed by atoms with Gasteiger partial charge in [-0.15, -0.1) is 0 Å². The number of carbonyl (C=O) groups is 1. The van der Waals surface area contributed by atoms with Crippen LogP contribution in [0.4, 0.5) is 0 Å². The van der Waals surface area contributed by atoms with Gasteiger partial charge in [0.2, 0.25) is 0 Å². The molecule has 5 heteroatoms. The average Bonchev–Trinajstić information content (AvgIpc) is 2.48. The zero-order valence-corrected chi connectivity index (χ0v) is 12.0. The summed E-state index contributed by atoms with van der Waals surface area (Å²) in [6.45, 7) is 4.06. The number of thioether (sulfide) groups is 1. The summed E-state index contributed by atoms with van der Waals surface area (Å²) in [4.78, 5) is 14.4. The summed E-state index contributed by atoms with van der Waals surface area (Å²) in [5, 5.41) is 0.602. The smallest absolute Gasteiger partial charge is 0.255 e. The molecule has 1 aromatic carbocycles. The molecule has 0 saturated carbocycles. The molecule has 1 aliphatic rings. The fourth-order valence-corrected chi connectivity index (χ4v) is 3.67. The van der Waals surface area contributed by atoms with E-state index in [0.717, 1.165) is 30.8 Å². The number of nitrogens with one attached hydrogen (secondary N) is 1. The Balaban J connectivity index is 2.20. The molecule has 1 saturated heterocycles. The number of hydrogen-bond donors (Lipinski definition) is 2. The number of benzene rings is 1. The van der Waals surface area contributed by atoms with Crippen LogP contribution in [0.3, 0.4) is 0 Å². The molecule has 3 N–H and O–H groups in total. The molecule has 1 aliphatic heterocycles. The Morgan fingerprint density at radius 2 is 2.26 bits per heavy atom. The van der Waals surface area contributed by atoms with Crippen LogP contribution in [0, 0.1) is 0 Å². The largest absolute Gasteiger partial charge is 0.293 e. The third kappa shape index (κ3) is 3.49. The van der Waals surface area contributed by atoms with Crippen molar-refractivity contribution in [2.24, 2.45) is 5.84 Å². The lowest BCUT2D eigenvalue weighted by atomic mass is 10.0. The Bertz CT molecular complexity index is 412. The van der Waals surface area contributed by atoms with Crippen LogP contribution >= 0.6 is 11.8 Å². The van der Waals surface area contributed by atoms with E-state index in [2.05, 4.69) is 17.2 Å². The molecule has 19 heavy (non-hydrogen) atoms. The van der Waals surface area contributed by atoms with E-state index in [9.17, 15) is 4.79 Å². The normalized spacial score (nSPS) is 21.9. The van der Waals surface area contributed by atoms with Crippen LogP contribution in [0.2, 0.25) is 0 Å². The summed E-state index contributed by atoms with van der Waals surface area (Å²) in [5.74, 6) is 6.29. The van der Waals surface area contributed by atoms with E-state index in [4.69, 9.17) is 5.84 Å². The van der Waals surface area contributed by atoms with Gasteiger partial charge in [0.25, 0.3) is 5.91 Å². The Morgan fingerprint density at radius 3 is 2.89 bits per heavy atom. The Hall–Kier alpha value is -1.04. The second-order valence-corrected chi connectivity index (χ2v) is 6.13. The van der Waals surface area contributed by atoms with Gasteiger partial charge < -0.3 is 0 Å². The summed E-state index contributed by atoms with van der Waals surface area (Å²) in [5.41, 5.74) is 3.31. The molecule has 2 atom stereocenters. The zero-order chi connectivity index (χ0) is 13.7. The lowest BCUT2D eigenvalue weighted by Crippen LogP contribution is -2.47. The maximum atomic E-state index is 12.1. The van der Waals surface area contributed by atoms with Gasteiger partial charge in [-0.25, -0.2) is 5.84 Å². The van der Waals surface area contributed by atoms with Crippen LogP contribution in [-0.4, -0.2) is 34.9 Å². The maximum Gasteiger partial charge on any atom is 0.255 e. The highest BCUT2D eigenvalue weighted by molar-refractivity contribution is 8.00. The first-order valence-corrected chi connectivity index (χ1v) is 7.72. The fraction of sp³-hybridized carbons (Fsp3) is 0.500. The number of hydrazine groups is 1. The Morgan fingerprint density at radius 1 is 1.53 bits per heavy atom. The summed E-state index contributed by atoms with van der Waals surface area (Å²) in [6.07, 6.45) is 1.13. The third-order valence-corrected chi connectivity index (χ3v) is 4.87. The van der Waals surface area contributed by atoms with E-state index in [0.29, 0.717) is 5.25 Å². The highest BCUT2D eigenvalue weighted by Gasteiger charge is 2.30. The summed E-state index contributed by atoms with van der Waals surface area (Å²) in [6, 6.07) is 9.58. The summed E-state index contributed by atoms with van der Waals surface area (Å²) >= 11 is 1.99. The van der Waals surface area contributed by atoms with Crippen molar-refractivity contribution in [2.75, 3.05) is 18.8 Å². The monoisotopic (exact) mass is 279 g/mol. The van der Waals surface area contributed by atoms with Crippen molar-refractivity contribution >= 4 is 17.7 Å². The summed E-state index contributed by atoms with van der Waals surface area (Å²) in [7, 11) is 0. The summed E-state index contributed by atoms with van der Waals surface area (Å²) < 4.78 is 0. The molecule has 0 spiro atoms. The van der Waals surface area contributed by atoms with Crippen LogP contribution in [0.5, 0.6) is 0 Å². The molecule has 1 aromatic rings. The Labute approximate surface area is 118 Å². The topological polar surface area (TPSA) is 58.4 Å². The number of nitrogens with two attached hydrogens (primary N) is 1. The van der Waals surface area contributed by atoms with Crippen molar-refractivity contribution in [3.8, 4) is 0 Å². The van der Waals surface area contributed by atoms with Gasteiger partial charge in [0.1, 0.15) is 6.04 Å². The molecule has 104 valence electrons. The molecule has 0 aliphatic carbocycles. The van der Waals surface area contributed by atoms with Gasteiger partial charge in [-0.3, -0.25) is 15.1 Å². The highest BCUT2D eigenvalue weighted by atomic mass is 32.2. The van der Waals surface area contributed by atoms with Crippen LogP contribution in [0.1, 0.15) is 24.9 Å². The van der Waals surface area contributed by atoms with Crippen LogP contribution < -0.4 is 11.3 Å². The number of hydrogen-bond acceptors (Lipinski definition) is 4. The SMILES string of the molecule is CCC1CN(C(C(=O)NN)c2ccccc2)CCS1. The molecule has 2 rings (SSSR count). The molecule has 0 radical (unpaired) electrons. The van der Waals surface area contributed by atoms with Gasteiger partial charge in [-0.1, -0.05) is 37.3 Å². The number of carbonyl (C=O) groups excluding carboxylic acids is 1. The van der Waals surface area contributed by atoms with Crippen LogP contribution in [0.15, 0.2) is 30.3 Å². The van der Waals surface area contributed by atoms with Crippen molar-refractivity contribution in [3.05, 3.63) is 35.9 Å². The van der Waals surface area contributed by atoms with E-state index in [1.807, 2.05) is 42.1 Å². The predicted octanol–water partition coefficient (Wildman–Crippen LogP) is 1.55. The number of rotatable bonds is 4. The van der Waals surface area contributed by atoms with E-state index in [1.54, 1.807) is 0 Å². The third-order valence-electron chi connectivity index (χ3n) is 3.50. The van der Waals surface area contributed by atoms with Crippen molar-refractivity contribution in [3.63, 3.8) is 0 Å². The molecular formula is C14H21N3OS. The first-order chi connectivity index (χ1) is 9.26. The van der Waals surface area contributed by atoms with Gasteiger partial charge in [-0.05, 0) is 12.0 Å². The maximum absolute atomic E-state index is 12.1. The lowest BCUT2D eigenvalue weighted by Gasteiger charge is -2.36. The first kappa shape index (κ1) is 14.4. The Kier molecular flexibility index (Phi) is 5.24. The number of nitrogens with zero attached hydrogens (tertiary/aromatic N) is 1. The van der Waals surface area contributed by atoms with E-state index in [1.165, 1.54) is 0 Å². The second-order valence-electron chi connectivity index (χ2n) is 4.72. The predicted molar refractivity (Wildman–Crippen MR) is 79.6 cm³/mol. The minimum Gasteiger partial charge on any atom is -0.293 e. The lowest BCUT2D eigenvalue weighted by molar-refractivity contribution is -0.126. The molecule has 1 amide bonds. The first-order valence-electron chi connectivity index (χ1n) is 6.67. The van der Waals surface area contributed by atoms with Gasteiger partial charge in [0, 0.05) is 24.1 Å². The molecule has 1 fully saturated rings. The van der Waals surface area contributed by atoms with Crippen LogP contribution in [-0.2, 0) is 4.79 Å². The molecule has 4 nitrogen and oxygen atoms in total. The fourth-order valence-electron chi connectivity index (χ4n) is 2.47. The average molecular weight is 279 g/mol. The zero-order valence-electron chi connectivity index (χ0n) is 11.2. The molecule has 1 heterocycles. The van der Waals surface area contributed by atoms with Crippen molar-refractivity contribution in [1.29, 1.82) is 0 Å². The minimum atomic E-state index is -0.277. The van der Waals surface area contributed by atoms with E-state index < -0.39 is 0 Å². The van der Waals surface area contributed by atoms with Gasteiger partial charge >= 0.3 is 0 Å². The second kappa shape index (κ2) is 6.93. The number of amides is 1. The minimum absolute atomic E-state index is 0.132. The molecule has 0 aromatic heterocycles. The van der Waals surface area contributed by atoms with Crippen molar-refractivity contribution in [1.82, 2.24) is 10.3 Å². The molecule has 2 unspecified atom stereocenters. The van der Waals surface area contributed by atoms with E-state index in [-0.39, 0.29) is 11.9 Å². The van der Waals surface area contributed by atoms with Crippen LogP contribution in [0.25, 0.3) is 0 Å². The molecule has 0 bridgehead atoms. The van der Waals surface area contributed by atoms with Gasteiger partial charge in [-0.2, -0.15) is 11.8 Å².